The summed E-state index contributed by atoms with van der Waals surface area (Å²) < 4.78 is 42.9. The highest BCUT2D eigenvalue weighted by atomic mass is 35.5. The molecule has 3 aromatic carbocycles. The molecule has 1 heterocycles. The Morgan fingerprint density at radius 3 is 2.28 bits per heavy atom. The highest BCUT2D eigenvalue weighted by Crippen LogP contribution is 2.27. The molecule has 0 aliphatic rings. The quantitative estimate of drug-likeness (QED) is 0.194. The van der Waals surface area contributed by atoms with Gasteiger partial charge in [0.05, 0.1) is 16.6 Å². The van der Waals surface area contributed by atoms with E-state index in [4.69, 9.17) is 11.6 Å². The standard InChI is InChI=1S/C31H30ClF3N4O4/c1-17(2)28(40)36-16-19-5-11-25(32)24(13-19)29(41)38-22-8-12-26-21(14-22)15-27(39(26)4)30(42)37-18(3)20-6-9-23(10-7-20)43-31(33,34)35/h5-15,17-18H,16H2,1-4H3,(H,36,40)(H,37,42)(H,38,41)/t18-/m0/s1. The van der Waals surface area contributed by atoms with Crippen molar-refractivity contribution in [3.63, 3.8) is 0 Å². The first-order chi connectivity index (χ1) is 20.2. The molecule has 0 unspecified atom stereocenters. The first kappa shape index (κ1) is 31.4. The molecule has 1 atom stereocenters. The molecule has 1 aromatic heterocycles. The van der Waals surface area contributed by atoms with Gasteiger partial charge >= 0.3 is 6.36 Å². The van der Waals surface area contributed by atoms with Gasteiger partial charge in [-0.3, -0.25) is 14.4 Å². The second kappa shape index (κ2) is 12.8. The van der Waals surface area contributed by atoms with E-state index in [9.17, 15) is 27.6 Å². The number of amides is 3. The van der Waals surface area contributed by atoms with Crippen LogP contribution in [0.1, 0.15) is 58.8 Å². The Hall–Kier alpha value is -4.51. The van der Waals surface area contributed by atoms with Gasteiger partial charge in [0.25, 0.3) is 11.8 Å². The van der Waals surface area contributed by atoms with Crippen LogP contribution in [-0.2, 0) is 18.4 Å². The summed E-state index contributed by atoms with van der Waals surface area (Å²) in [5.41, 5.74) is 3.14. The number of aromatic nitrogens is 1. The van der Waals surface area contributed by atoms with Gasteiger partial charge in [0, 0.05) is 36.1 Å². The smallest absolute Gasteiger partial charge is 0.406 e. The van der Waals surface area contributed by atoms with E-state index >= 15 is 0 Å². The predicted molar refractivity (Wildman–Crippen MR) is 158 cm³/mol. The minimum absolute atomic E-state index is 0.103. The Morgan fingerprint density at radius 1 is 0.930 bits per heavy atom. The second-order valence-electron chi connectivity index (χ2n) is 10.3. The molecule has 4 aromatic rings. The predicted octanol–water partition coefficient (Wildman–Crippen LogP) is 6.75. The van der Waals surface area contributed by atoms with E-state index in [1.54, 1.807) is 74.9 Å². The highest BCUT2D eigenvalue weighted by Gasteiger charge is 2.31. The van der Waals surface area contributed by atoms with Crippen molar-refractivity contribution in [2.24, 2.45) is 13.0 Å². The largest absolute Gasteiger partial charge is 0.573 e. The molecular weight excluding hydrogens is 585 g/mol. The number of ether oxygens (including phenoxy) is 1. The molecule has 12 heteroatoms. The maximum absolute atomic E-state index is 13.1. The van der Waals surface area contributed by atoms with Crippen molar-refractivity contribution in [2.75, 3.05) is 5.32 Å². The fourth-order valence-corrected chi connectivity index (χ4v) is 4.61. The SMILES string of the molecule is CC(C)C(=O)NCc1ccc(Cl)c(C(=O)Nc2ccc3c(c2)cc(C(=O)N[C@@H](C)c2ccc(OC(F)(F)F)cc2)n3C)c1. The molecule has 0 radical (unpaired) electrons. The average Bonchev–Trinajstić information content (AvgIpc) is 3.27. The fourth-order valence-electron chi connectivity index (χ4n) is 4.41. The lowest BCUT2D eigenvalue weighted by Gasteiger charge is -2.16. The lowest BCUT2D eigenvalue weighted by molar-refractivity contribution is -0.274. The Balaban J connectivity index is 1.45. The van der Waals surface area contributed by atoms with Crippen molar-refractivity contribution in [3.05, 3.63) is 94.1 Å². The van der Waals surface area contributed by atoms with Crippen LogP contribution in [0.5, 0.6) is 5.75 Å². The maximum atomic E-state index is 13.1. The number of carbonyl (C=O) groups is 3. The number of hydrogen-bond acceptors (Lipinski definition) is 4. The van der Waals surface area contributed by atoms with Gasteiger partial charge in [-0.2, -0.15) is 0 Å². The minimum atomic E-state index is -4.79. The molecule has 0 fully saturated rings. The van der Waals surface area contributed by atoms with Crippen molar-refractivity contribution < 1.29 is 32.3 Å². The fraction of sp³-hybridized carbons (Fsp3) is 0.258. The van der Waals surface area contributed by atoms with E-state index in [1.165, 1.54) is 24.3 Å². The Morgan fingerprint density at radius 2 is 1.63 bits per heavy atom. The Labute approximate surface area is 251 Å². The highest BCUT2D eigenvalue weighted by molar-refractivity contribution is 6.34. The van der Waals surface area contributed by atoms with Crippen molar-refractivity contribution in [1.29, 1.82) is 0 Å². The third-order valence-electron chi connectivity index (χ3n) is 6.76. The van der Waals surface area contributed by atoms with E-state index in [0.29, 0.717) is 22.3 Å². The number of hydrogen-bond donors (Lipinski definition) is 3. The lowest BCUT2D eigenvalue weighted by Crippen LogP contribution is -2.28. The van der Waals surface area contributed by atoms with E-state index in [-0.39, 0.29) is 40.6 Å². The lowest BCUT2D eigenvalue weighted by atomic mass is 10.1. The molecule has 0 saturated carbocycles. The first-order valence-corrected chi connectivity index (χ1v) is 13.7. The van der Waals surface area contributed by atoms with Gasteiger partial charge in [-0.1, -0.05) is 43.6 Å². The van der Waals surface area contributed by atoms with Gasteiger partial charge in [-0.05, 0) is 66.6 Å². The summed E-state index contributed by atoms with van der Waals surface area (Å²) in [5.74, 6) is -1.44. The van der Waals surface area contributed by atoms with Gasteiger partial charge in [0.2, 0.25) is 5.91 Å². The van der Waals surface area contributed by atoms with Crippen LogP contribution in [0.3, 0.4) is 0 Å². The van der Waals surface area contributed by atoms with E-state index in [1.807, 2.05) is 0 Å². The summed E-state index contributed by atoms with van der Waals surface area (Å²) in [5, 5.41) is 9.45. The van der Waals surface area contributed by atoms with Crippen molar-refractivity contribution in [1.82, 2.24) is 15.2 Å². The van der Waals surface area contributed by atoms with Crippen LogP contribution < -0.4 is 20.7 Å². The number of fused-ring (bicyclic) bond motifs is 1. The zero-order valence-corrected chi connectivity index (χ0v) is 24.6. The molecule has 8 nitrogen and oxygen atoms in total. The van der Waals surface area contributed by atoms with Crippen molar-refractivity contribution in [2.45, 2.75) is 39.7 Å². The topological polar surface area (TPSA) is 101 Å². The van der Waals surface area contributed by atoms with Gasteiger partial charge in [-0.15, -0.1) is 13.2 Å². The summed E-state index contributed by atoms with van der Waals surface area (Å²) in [6.07, 6.45) is -4.79. The second-order valence-corrected chi connectivity index (χ2v) is 10.7. The molecule has 0 saturated heterocycles. The number of rotatable bonds is 9. The molecule has 3 N–H and O–H groups in total. The summed E-state index contributed by atoms with van der Waals surface area (Å²) >= 11 is 6.30. The average molecular weight is 615 g/mol. The van der Waals surface area contributed by atoms with E-state index < -0.39 is 18.3 Å². The number of nitrogens with one attached hydrogen (secondary N) is 3. The monoisotopic (exact) mass is 614 g/mol. The van der Waals surface area contributed by atoms with Crippen LogP contribution in [0.4, 0.5) is 18.9 Å². The molecular formula is C31H30ClF3N4O4. The Bertz CT molecular complexity index is 1670. The number of alkyl halides is 3. The summed E-state index contributed by atoms with van der Waals surface area (Å²) in [4.78, 5) is 38.1. The summed E-state index contributed by atoms with van der Waals surface area (Å²) in [7, 11) is 1.73. The molecule has 0 aliphatic heterocycles. The molecule has 3 amide bonds. The van der Waals surface area contributed by atoms with Gasteiger partial charge in [0.1, 0.15) is 11.4 Å². The summed E-state index contributed by atoms with van der Waals surface area (Å²) in [6, 6.07) is 16.6. The molecule has 43 heavy (non-hydrogen) atoms. The molecule has 226 valence electrons. The normalized spacial score (nSPS) is 12.2. The third kappa shape index (κ3) is 7.86. The van der Waals surface area contributed by atoms with Crippen LogP contribution in [0.15, 0.2) is 66.7 Å². The number of carbonyl (C=O) groups excluding carboxylic acids is 3. The number of benzene rings is 3. The van der Waals surface area contributed by atoms with Crippen LogP contribution in [-0.4, -0.2) is 28.7 Å². The Kier molecular flexibility index (Phi) is 9.34. The van der Waals surface area contributed by atoms with Gasteiger partial charge < -0.3 is 25.3 Å². The van der Waals surface area contributed by atoms with Crippen molar-refractivity contribution in [3.8, 4) is 5.75 Å². The number of anilines is 1. The molecule has 0 aliphatic carbocycles. The van der Waals surface area contributed by atoms with E-state index in [2.05, 4.69) is 20.7 Å². The number of aryl methyl sites for hydroxylation is 1. The van der Waals surface area contributed by atoms with Crippen LogP contribution in [0.25, 0.3) is 10.9 Å². The zero-order valence-electron chi connectivity index (χ0n) is 23.8. The molecule has 4 rings (SSSR count). The van der Waals surface area contributed by atoms with Crippen LogP contribution >= 0.6 is 11.6 Å². The number of nitrogens with zero attached hydrogens (tertiary/aromatic N) is 1. The molecule has 0 spiro atoms. The third-order valence-corrected chi connectivity index (χ3v) is 7.09. The van der Waals surface area contributed by atoms with E-state index in [0.717, 1.165) is 11.1 Å². The van der Waals surface area contributed by atoms with Gasteiger partial charge in [0.15, 0.2) is 0 Å². The van der Waals surface area contributed by atoms with Crippen LogP contribution in [0, 0.1) is 5.92 Å². The first-order valence-electron chi connectivity index (χ1n) is 13.4. The zero-order chi connectivity index (χ0) is 31.5. The number of halogens is 4. The molecule has 0 bridgehead atoms. The van der Waals surface area contributed by atoms with Crippen molar-refractivity contribution >= 4 is 45.9 Å². The maximum Gasteiger partial charge on any atom is 0.573 e. The van der Waals surface area contributed by atoms with Crippen LogP contribution in [0.2, 0.25) is 5.02 Å². The summed E-state index contributed by atoms with van der Waals surface area (Å²) in [6.45, 7) is 5.55. The van der Waals surface area contributed by atoms with Gasteiger partial charge in [-0.25, -0.2) is 0 Å². The minimum Gasteiger partial charge on any atom is -0.406 e.